The molecule has 24 heavy (non-hydrogen) atoms. The molecule has 0 aliphatic heterocycles. The first-order valence-corrected chi connectivity index (χ1v) is 9.35. The van der Waals surface area contributed by atoms with Gasteiger partial charge in [0.1, 0.15) is 0 Å². The minimum absolute atomic E-state index is 0.0759. The third-order valence-corrected chi connectivity index (χ3v) is 4.66. The quantitative estimate of drug-likeness (QED) is 0.547. The normalized spacial score (nSPS) is 11.3. The molecule has 0 heterocycles. The fraction of sp³-hybridized carbons (Fsp3) is 0.263. The van der Waals surface area contributed by atoms with Crippen LogP contribution in [0.3, 0.4) is 0 Å². The van der Waals surface area contributed by atoms with E-state index in [-0.39, 0.29) is 5.91 Å². The fourth-order valence-corrected chi connectivity index (χ4v) is 2.96. The smallest absolute Gasteiger partial charge is 0.250 e. The van der Waals surface area contributed by atoms with Crippen LogP contribution in [-0.4, -0.2) is 17.4 Å². The number of carbonyl (C=O) groups is 1. The van der Waals surface area contributed by atoms with Crippen molar-refractivity contribution in [1.29, 1.82) is 0 Å². The first-order chi connectivity index (χ1) is 11.6. The number of halogens is 1. The summed E-state index contributed by atoms with van der Waals surface area (Å²) in [6, 6.07) is 17.9. The van der Waals surface area contributed by atoms with Gasteiger partial charge in [-0.1, -0.05) is 54.1 Å². The Morgan fingerprint density at radius 2 is 1.79 bits per heavy atom. The van der Waals surface area contributed by atoms with E-state index in [2.05, 4.69) is 22.7 Å². The lowest BCUT2D eigenvalue weighted by Gasteiger charge is -2.04. The molecule has 0 unspecified atom stereocenters. The van der Waals surface area contributed by atoms with Crippen LogP contribution >= 0.6 is 23.4 Å². The van der Waals surface area contributed by atoms with E-state index in [4.69, 9.17) is 11.6 Å². The van der Waals surface area contributed by atoms with E-state index in [1.807, 2.05) is 49.4 Å². The molecule has 5 heteroatoms. The Labute approximate surface area is 152 Å². The van der Waals surface area contributed by atoms with Crippen molar-refractivity contribution >= 4 is 35.0 Å². The SMILES string of the molecule is CC(CCc1ccccc1)=NNC(=O)CSCc1ccc(Cl)cc1. The number of amides is 1. The van der Waals surface area contributed by atoms with Gasteiger partial charge >= 0.3 is 0 Å². The molecule has 2 aromatic carbocycles. The largest absolute Gasteiger partial charge is 0.272 e. The van der Waals surface area contributed by atoms with Crippen LogP contribution < -0.4 is 5.43 Å². The van der Waals surface area contributed by atoms with Gasteiger partial charge < -0.3 is 0 Å². The van der Waals surface area contributed by atoms with E-state index < -0.39 is 0 Å². The van der Waals surface area contributed by atoms with Crippen molar-refractivity contribution in [3.63, 3.8) is 0 Å². The summed E-state index contributed by atoms with van der Waals surface area (Å²) in [6.07, 6.45) is 1.76. The minimum Gasteiger partial charge on any atom is -0.272 e. The molecule has 0 fully saturated rings. The number of rotatable bonds is 8. The summed E-state index contributed by atoms with van der Waals surface area (Å²) in [5.41, 5.74) is 5.97. The van der Waals surface area contributed by atoms with Crippen LogP contribution in [-0.2, 0) is 17.0 Å². The van der Waals surface area contributed by atoms with E-state index in [0.29, 0.717) is 5.75 Å². The molecular formula is C19H21ClN2OS. The number of hydrogen-bond donors (Lipinski definition) is 1. The monoisotopic (exact) mass is 360 g/mol. The number of thioether (sulfide) groups is 1. The highest BCUT2D eigenvalue weighted by molar-refractivity contribution is 7.99. The zero-order valence-corrected chi connectivity index (χ0v) is 15.2. The van der Waals surface area contributed by atoms with Crippen LogP contribution in [0.5, 0.6) is 0 Å². The summed E-state index contributed by atoms with van der Waals surface area (Å²) in [6.45, 7) is 1.93. The third kappa shape index (κ3) is 7.20. The van der Waals surface area contributed by atoms with Crippen LogP contribution in [0, 0.1) is 0 Å². The van der Waals surface area contributed by atoms with Gasteiger partial charge in [0.15, 0.2) is 0 Å². The van der Waals surface area contributed by atoms with Gasteiger partial charge in [-0.05, 0) is 43.0 Å². The zero-order valence-electron chi connectivity index (χ0n) is 13.7. The molecule has 0 aromatic heterocycles. The van der Waals surface area contributed by atoms with Crippen LogP contribution in [0.15, 0.2) is 59.7 Å². The number of benzene rings is 2. The average molecular weight is 361 g/mol. The minimum atomic E-state index is -0.0759. The van der Waals surface area contributed by atoms with Crippen LogP contribution in [0.2, 0.25) is 5.02 Å². The number of nitrogens with zero attached hydrogens (tertiary/aromatic N) is 1. The highest BCUT2D eigenvalue weighted by Crippen LogP contribution is 2.15. The molecule has 0 aliphatic rings. The Hall–Kier alpha value is -1.78. The highest BCUT2D eigenvalue weighted by atomic mass is 35.5. The van der Waals surface area contributed by atoms with Crippen molar-refractivity contribution in [2.24, 2.45) is 5.10 Å². The molecule has 0 spiro atoms. The van der Waals surface area contributed by atoms with Gasteiger partial charge in [0.2, 0.25) is 5.91 Å². The van der Waals surface area contributed by atoms with Gasteiger partial charge in [-0.15, -0.1) is 11.8 Å². The molecule has 0 saturated heterocycles. The average Bonchev–Trinajstić information content (AvgIpc) is 2.61. The number of aryl methyl sites for hydroxylation is 1. The third-order valence-electron chi connectivity index (χ3n) is 3.40. The Kier molecular flexibility index (Phi) is 7.86. The maximum atomic E-state index is 11.8. The lowest BCUT2D eigenvalue weighted by molar-refractivity contribution is -0.118. The molecule has 0 radical (unpaired) electrons. The lowest BCUT2D eigenvalue weighted by atomic mass is 10.1. The van der Waals surface area contributed by atoms with Gasteiger partial charge in [0.05, 0.1) is 5.75 Å². The molecular weight excluding hydrogens is 340 g/mol. The van der Waals surface area contributed by atoms with Crippen LogP contribution in [0.4, 0.5) is 0 Å². The standard InChI is InChI=1S/C19H21ClN2OS/c1-15(7-8-16-5-3-2-4-6-16)21-22-19(23)14-24-13-17-9-11-18(20)12-10-17/h2-6,9-12H,7-8,13-14H2,1H3,(H,22,23). The lowest BCUT2D eigenvalue weighted by Crippen LogP contribution is -2.21. The number of nitrogens with one attached hydrogen (secondary N) is 1. The molecule has 0 atom stereocenters. The number of carbonyl (C=O) groups excluding carboxylic acids is 1. The first kappa shape index (κ1) is 18.6. The maximum absolute atomic E-state index is 11.8. The van der Waals surface area contributed by atoms with E-state index in [1.54, 1.807) is 11.8 Å². The summed E-state index contributed by atoms with van der Waals surface area (Å²) in [5, 5.41) is 4.89. The summed E-state index contributed by atoms with van der Waals surface area (Å²) >= 11 is 7.40. The van der Waals surface area contributed by atoms with E-state index in [0.717, 1.165) is 34.9 Å². The Morgan fingerprint density at radius 3 is 2.50 bits per heavy atom. The van der Waals surface area contributed by atoms with E-state index in [9.17, 15) is 4.79 Å². The fourth-order valence-electron chi connectivity index (χ4n) is 2.06. The van der Waals surface area contributed by atoms with Gasteiger partial charge in [-0.3, -0.25) is 4.79 Å². The van der Waals surface area contributed by atoms with Crippen molar-refractivity contribution < 1.29 is 4.79 Å². The topological polar surface area (TPSA) is 41.5 Å². The molecule has 126 valence electrons. The maximum Gasteiger partial charge on any atom is 0.250 e. The van der Waals surface area contributed by atoms with Crippen molar-refractivity contribution in [3.05, 3.63) is 70.7 Å². The first-order valence-electron chi connectivity index (χ1n) is 7.81. The van der Waals surface area contributed by atoms with E-state index in [1.165, 1.54) is 5.56 Å². The highest BCUT2D eigenvalue weighted by Gasteiger charge is 2.02. The van der Waals surface area contributed by atoms with Crippen molar-refractivity contribution in [3.8, 4) is 0 Å². The Balaban J connectivity index is 1.65. The molecule has 0 aliphatic carbocycles. The van der Waals surface area contributed by atoms with Crippen LogP contribution in [0.25, 0.3) is 0 Å². The predicted octanol–water partition coefficient (Wildman–Crippen LogP) is 4.70. The van der Waals surface area contributed by atoms with Crippen molar-refractivity contribution in [2.45, 2.75) is 25.5 Å². The Morgan fingerprint density at radius 1 is 1.08 bits per heavy atom. The second-order valence-electron chi connectivity index (χ2n) is 5.49. The summed E-state index contributed by atoms with van der Waals surface area (Å²) in [5.74, 6) is 1.09. The van der Waals surface area contributed by atoms with E-state index >= 15 is 0 Å². The van der Waals surface area contributed by atoms with Gasteiger partial charge in [0.25, 0.3) is 0 Å². The van der Waals surface area contributed by atoms with Gasteiger partial charge in [0, 0.05) is 16.5 Å². The van der Waals surface area contributed by atoms with Gasteiger partial charge in [-0.2, -0.15) is 5.10 Å². The van der Waals surface area contributed by atoms with Crippen molar-refractivity contribution in [1.82, 2.24) is 5.43 Å². The molecule has 1 N–H and O–H groups in total. The second kappa shape index (κ2) is 10.2. The number of hydrazone groups is 1. The van der Waals surface area contributed by atoms with Crippen molar-refractivity contribution in [2.75, 3.05) is 5.75 Å². The number of hydrogen-bond acceptors (Lipinski definition) is 3. The predicted molar refractivity (Wildman–Crippen MR) is 104 cm³/mol. The zero-order chi connectivity index (χ0) is 17.2. The molecule has 0 saturated carbocycles. The molecule has 1 amide bonds. The molecule has 2 rings (SSSR count). The summed E-state index contributed by atoms with van der Waals surface area (Å²) in [7, 11) is 0. The van der Waals surface area contributed by atoms with Crippen LogP contribution in [0.1, 0.15) is 24.5 Å². The Bertz CT molecular complexity index is 672. The molecule has 2 aromatic rings. The summed E-state index contributed by atoms with van der Waals surface area (Å²) < 4.78 is 0. The summed E-state index contributed by atoms with van der Waals surface area (Å²) in [4.78, 5) is 11.8. The van der Waals surface area contributed by atoms with Gasteiger partial charge in [-0.25, -0.2) is 5.43 Å². The molecule has 0 bridgehead atoms. The second-order valence-corrected chi connectivity index (χ2v) is 6.91. The molecule has 3 nitrogen and oxygen atoms in total.